The van der Waals surface area contributed by atoms with Crippen LogP contribution >= 0.6 is 0 Å². The number of nitrogens with zero attached hydrogens (tertiary/aromatic N) is 2. The molecule has 2 aromatic carbocycles. The lowest BCUT2D eigenvalue weighted by molar-refractivity contribution is -0.134. The van der Waals surface area contributed by atoms with Gasteiger partial charge in [-0.05, 0) is 49.1 Å². The number of ether oxygens (including phenoxy) is 1. The van der Waals surface area contributed by atoms with Gasteiger partial charge in [0.25, 0.3) is 0 Å². The molecule has 3 aromatic rings. The van der Waals surface area contributed by atoms with Gasteiger partial charge in [-0.15, -0.1) is 0 Å². The van der Waals surface area contributed by atoms with Crippen molar-refractivity contribution in [2.24, 2.45) is 0 Å². The van der Waals surface area contributed by atoms with Gasteiger partial charge in [-0.3, -0.25) is 4.79 Å². The van der Waals surface area contributed by atoms with Crippen molar-refractivity contribution >= 4 is 16.9 Å². The number of aromatic amines is 1. The average molecular weight is 349 g/mol. The van der Waals surface area contributed by atoms with Crippen LogP contribution in [-0.2, 0) is 11.2 Å². The van der Waals surface area contributed by atoms with Crippen molar-refractivity contribution in [3.05, 3.63) is 59.9 Å². The number of carbonyl (C=O) groups is 1. The van der Waals surface area contributed by atoms with Gasteiger partial charge < -0.3 is 14.6 Å². The number of nitrogens with one attached hydrogen (secondary N) is 1. The fourth-order valence-corrected chi connectivity index (χ4v) is 3.70. The van der Waals surface area contributed by atoms with Crippen molar-refractivity contribution in [1.29, 1.82) is 0 Å². The number of likely N-dealkylation sites (tertiary alicyclic amines) is 1. The second kappa shape index (κ2) is 7.20. The molecule has 0 unspecified atom stereocenters. The van der Waals surface area contributed by atoms with Crippen molar-refractivity contribution < 1.29 is 9.53 Å². The smallest absolute Gasteiger partial charge is 0.227 e. The normalized spacial score (nSPS) is 17.4. The summed E-state index contributed by atoms with van der Waals surface area (Å²) in [4.78, 5) is 23.1. The fraction of sp³-hybridized carbons (Fsp3) is 0.333. The van der Waals surface area contributed by atoms with Crippen LogP contribution in [-0.4, -0.2) is 34.4 Å². The highest BCUT2D eigenvalue weighted by atomic mass is 16.5. The molecule has 1 saturated heterocycles. The summed E-state index contributed by atoms with van der Waals surface area (Å²) in [7, 11) is 1.64. The zero-order valence-corrected chi connectivity index (χ0v) is 14.9. The minimum absolute atomic E-state index is 0.0225. The molecular formula is C21H23N3O2. The van der Waals surface area contributed by atoms with E-state index in [1.807, 2.05) is 53.4 Å². The standard InChI is InChI=1S/C21H23N3O2/c1-26-16-8-6-7-15(13-16)14-20(25)24-12-5-4-11-19(24)21-22-17-9-2-3-10-18(17)23-21/h2-3,6-10,13,19H,4-5,11-12,14H2,1H3,(H,22,23)/t19-/m1/s1. The van der Waals surface area contributed by atoms with Gasteiger partial charge in [-0.1, -0.05) is 24.3 Å². The molecule has 1 aromatic heterocycles. The lowest BCUT2D eigenvalue weighted by Gasteiger charge is -2.34. The summed E-state index contributed by atoms with van der Waals surface area (Å²) in [5.41, 5.74) is 2.95. The maximum absolute atomic E-state index is 13.0. The van der Waals surface area contributed by atoms with Crippen molar-refractivity contribution in [3.8, 4) is 5.75 Å². The van der Waals surface area contributed by atoms with Crippen LogP contribution in [0.5, 0.6) is 5.75 Å². The van der Waals surface area contributed by atoms with Gasteiger partial charge in [0.2, 0.25) is 5.91 Å². The van der Waals surface area contributed by atoms with Crippen LogP contribution in [0.3, 0.4) is 0 Å². The van der Waals surface area contributed by atoms with Crippen LogP contribution in [0.2, 0.25) is 0 Å². The van der Waals surface area contributed by atoms with E-state index in [1.165, 1.54) is 0 Å². The van der Waals surface area contributed by atoms with Crippen molar-refractivity contribution in [2.75, 3.05) is 13.7 Å². The monoisotopic (exact) mass is 349 g/mol. The Morgan fingerprint density at radius 1 is 1.23 bits per heavy atom. The van der Waals surface area contributed by atoms with Gasteiger partial charge in [0, 0.05) is 6.54 Å². The van der Waals surface area contributed by atoms with Gasteiger partial charge in [0.05, 0.1) is 30.6 Å². The third-order valence-corrected chi connectivity index (χ3v) is 5.04. The molecule has 0 saturated carbocycles. The Bertz CT molecular complexity index is 885. The predicted molar refractivity (Wildman–Crippen MR) is 101 cm³/mol. The van der Waals surface area contributed by atoms with Crippen LogP contribution in [0, 0.1) is 0 Å². The molecule has 1 fully saturated rings. The molecule has 1 N–H and O–H groups in total. The van der Waals surface area contributed by atoms with Crippen LogP contribution < -0.4 is 4.74 Å². The summed E-state index contributed by atoms with van der Waals surface area (Å²) in [6, 6.07) is 15.8. The first-order valence-electron chi connectivity index (χ1n) is 9.11. The highest BCUT2D eigenvalue weighted by Crippen LogP contribution is 2.31. The number of piperidine rings is 1. The Morgan fingerprint density at radius 3 is 2.96 bits per heavy atom. The van der Waals surface area contributed by atoms with E-state index in [2.05, 4.69) is 4.98 Å². The highest BCUT2D eigenvalue weighted by Gasteiger charge is 2.30. The molecule has 0 radical (unpaired) electrons. The van der Waals surface area contributed by atoms with Crippen molar-refractivity contribution in [3.63, 3.8) is 0 Å². The Hall–Kier alpha value is -2.82. The third-order valence-electron chi connectivity index (χ3n) is 5.04. The molecule has 5 nitrogen and oxygen atoms in total. The number of rotatable bonds is 4. The molecule has 0 aliphatic carbocycles. The topological polar surface area (TPSA) is 58.2 Å². The molecule has 0 spiro atoms. The number of carbonyl (C=O) groups excluding carboxylic acids is 1. The second-order valence-corrected chi connectivity index (χ2v) is 6.77. The molecule has 2 heterocycles. The maximum Gasteiger partial charge on any atom is 0.227 e. The molecule has 5 heteroatoms. The number of methoxy groups -OCH3 is 1. The van der Waals surface area contributed by atoms with E-state index in [0.717, 1.165) is 54.0 Å². The molecular weight excluding hydrogens is 326 g/mol. The first kappa shape index (κ1) is 16.6. The number of hydrogen-bond acceptors (Lipinski definition) is 3. The number of aromatic nitrogens is 2. The minimum atomic E-state index is 0.0225. The number of amides is 1. The van der Waals surface area contributed by atoms with E-state index < -0.39 is 0 Å². The Balaban J connectivity index is 1.57. The maximum atomic E-state index is 13.0. The minimum Gasteiger partial charge on any atom is -0.497 e. The summed E-state index contributed by atoms with van der Waals surface area (Å²) in [5.74, 6) is 1.82. The molecule has 1 amide bonds. The Morgan fingerprint density at radius 2 is 2.12 bits per heavy atom. The fourth-order valence-electron chi connectivity index (χ4n) is 3.70. The number of imidazole rings is 1. The molecule has 1 atom stereocenters. The quantitative estimate of drug-likeness (QED) is 0.778. The predicted octanol–water partition coefficient (Wildman–Crippen LogP) is 3.87. The van der Waals surface area contributed by atoms with Crippen molar-refractivity contribution in [2.45, 2.75) is 31.7 Å². The van der Waals surface area contributed by atoms with E-state index in [-0.39, 0.29) is 11.9 Å². The SMILES string of the molecule is COc1cccc(CC(=O)N2CCCC[C@@H]2c2nc3ccccc3[nH]2)c1. The molecule has 134 valence electrons. The van der Waals surface area contributed by atoms with E-state index >= 15 is 0 Å². The van der Waals surface area contributed by atoms with Gasteiger partial charge in [-0.2, -0.15) is 0 Å². The van der Waals surface area contributed by atoms with Crippen LogP contribution in [0.25, 0.3) is 11.0 Å². The third kappa shape index (κ3) is 3.29. The molecule has 4 rings (SSSR count). The summed E-state index contributed by atoms with van der Waals surface area (Å²) in [6.07, 6.45) is 3.49. The summed E-state index contributed by atoms with van der Waals surface area (Å²) < 4.78 is 5.27. The lowest BCUT2D eigenvalue weighted by Crippen LogP contribution is -2.39. The summed E-state index contributed by atoms with van der Waals surface area (Å²) in [6.45, 7) is 0.782. The number of fused-ring (bicyclic) bond motifs is 1. The number of hydrogen-bond donors (Lipinski definition) is 1. The van der Waals surface area contributed by atoms with Crippen molar-refractivity contribution in [1.82, 2.24) is 14.9 Å². The Labute approximate surface area is 153 Å². The van der Waals surface area contributed by atoms with Crippen LogP contribution in [0.15, 0.2) is 48.5 Å². The zero-order chi connectivity index (χ0) is 17.9. The van der Waals surface area contributed by atoms with E-state index in [9.17, 15) is 4.79 Å². The van der Waals surface area contributed by atoms with Gasteiger partial charge in [0.1, 0.15) is 11.6 Å². The molecule has 1 aliphatic rings. The van der Waals surface area contributed by atoms with Gasteiger partial charge >= 0.3 is 0 Å². The van der Waals surface area contributed by atoms with Gasteiger partial charge in [0.15, 0.2) is 0 Å². The first-order valence-corrected chi connectivity index (χ1v) is 9.11. The first-order chi connectivity index (χ1) is 12.7. The molecule has 1 aliphatic heterocycles. The molecule has 0 bridgehead atoms. The summed E-state index contributed by atoms with van der Waals surface area (Å²) >= 11 is 0. The zero-order valence-electron chi connectivity index (χ0n) is 14.9. The number of benzene rings is 2. The number of H-pyrrole nitrogens is 1. The van der Waals surface area contributed by atoms with E-state index in [0.29, 0.717) is 6.42 Å². The van der Waals surface area contributed by atoms with E-state index in [1.54, 1.807) is 7.11 Å². The number of para-hydroxylation sites is 2. The highest BCUT2D eigenvalue weighted by molar-refractivity contribution is 5.80. The van der Waals surface area contributed by atoms with Crippen LogP contribution in [0.4, 0.5) is 0 Å². The average Bonchev–Trinajstić information content (AvgIpc) is 3.12. The van der Waals surface area contributed by atoms with Gasteiger partial charge in [-0.25, -0.2) is 4.98 Å². The largest absolute Gasteiger partial charge is 0.497 e. The lowest BCUT2D eigenvalue weighted by atomic mass is 10.00. The molecule has 26 heavy (non-hydrogen) atoms. The summed E-state index contributed by atoms with van der Waals surface area (Å²) in [5, 5.41) is 0. The van der Waals surface area contributed by atoms with E-state index in [4.69, 9.17) is 9.72 Å². The van der Waals surface area contributed by atoms with Crippen LogP contribution in [0.1, 0.15) is 36.7 Å². The Kier molecular flexibility index (Phi) is 4.61. The second-order valence-electron chi connectivity index (χ2n) is 6.77.